The number of benzene rings is 1. The monoisotopic (exact) mass is 257 g/mol. The summed E-state index contributed by atoms with van der Waals surface area (Å²) in [7, 11) is 3.25. The highest BCUT2D eigenvalue weighted by molar-refractivity contribution is 5.71. The number of hydrogen-bond acceptors (Lipinski definition) is 4. The van der Waals surface area contributed by atoms with Crippen molar-refractivity contribution < 1.29 is 9.47 Å². The van der Waals surface area contributed by atoms with E-state index in [1.807, 2.05) is 19.1 Å². The number of ether oxygens (including phenoxy) is 2. The number of rotatable bonds is 4. The van der Waals surface area contributed by atoms with E-state index in [0.29, 0.717) is 5.82 Å². The number of aromatic nitrogens is 2. The van der Waals surface area contributed by atoms with Crippen LogP contribution in [0.1, 0.15) is 11.4 Å². The van der Waals surface area contributed by atoms with Crippen LogP contribution in [0.3, 0.4) is 0 Å². The number of aromatic amines is 1. The van der Waals surface area contributed by atoms with E-state index < -0.39 is 0 Å². The molecule has 5 nitrogen and oxygen atoms in total. The molecule has 1 heterocycles. The summed E-state index contributed by atoms with van der Waals surface area (Å²) in [6.45, 7) is 1.94. The van der Waals surface area contributed by atoms with Crippen LogP contribution in [0.2, 0.25) is 0 Å². The van der Waals surface area contributed by atoms with E-state index in [0.717, 1.165) is 28.3 Å². The number of nitriles is 1. The molecule has 0 fully saturated rings. The standard InChI is InChI=1S/C14H15N3O2/c1-9-12(18-2)5-4-10(14(9)19-3)11-8-16-13(17-11)6-7-15/h4-5,8H,6H2,1-3H3,(H,16,17). The zero-order chi connectivity index (χ0) is 13.8. The van der Waals surface area contributed by atoms with E-state index >= 15 is 0 Å². The van der Waals surface area contributed by atoms with Crippen molar-refractivity contribution in [2.45, 2.75) is 13.3 Å². The average Bonchev–Trinajstić information content (AvgIpc) is 2.87. The van der Waals surface area contributed by atoms with Gasteiger partial charge in [0.15, 0.2) is 0 Å². The van der Waals surface area contributed by atoms with E-state index in [-0.39, 0.29) is 6.42 Å². The third-order valence-electron chi connectivity index (χ3n) is 2.95. The van der Waals surface area contributed by atoms with Gasteiger partial charge in [-0.05, 0) is 19.1 Å². The molecule has 0 aliphatic rings. The molecule has 0 bridgehead atoms. The minimum absolute atomic E-state index is 0.261. The quantitative estimate of drug-likeness (QED) is 0.913. The van der Waals surface area contributed by atoms with E-state index in [2.05, 4.69) is 16.0 Å². The Morgan fingerprint density at radius 3 is 2.74 bits per heavy atom. The second-order valence-corrected chi connectivity index (χ2v) is 4.05. The predicted octanol–water partition coefficient (Wildman–Crippen LogP) is 2.47. The van der Waals surface area contributed by atoms with Crippen LogP contribution in [0.25, 0.3) is 11.3 Å². The largest absolute Gasteiger partial charge is 0.496 e. The summed E-state index contributed by atoms with van der Waals surface area (Å²) < 4.78 is 10.7. The van der Waals surface area contributed by atoms with Crippen molar-refractivity contribution in [1.29, 1.82) is 5.26 Å². The maximum Gasteiger partial charge on any atom is 0.134 e. The molecule has 1 aromatic carbocycles. The molecule has 0 aliphatic carbocycles. The summed E-state index contributed by atoms with van der Waals surface area (Å²) in [5.41, 5.74) is 2.66. The van der Waals surface area contributed by atoms with E-state index in [9.17, 15) is 0 Å². The Bertz CT molecular complexity index is 626. The van der Waals surface area contributed by atoms with Gasteiger partial charge in [0.2, 0.25) is 0 Å². The van der Waals surface area contributed by atoms with Gasteiger partial charge in [-0.15, -0.1) is 0 Å². The lowest BCUT2D eigenvalue weighted by Crippen LogP contribution is -1.95. The van der Waals surface area contributed by atoms with Gasteiger partial charge in [0.05, 0.1) is 38.6 Å². The molecule has 0 spiro atoms. The zero-order valence-electron chi connectivity index (χ0n) is 11.2. The van der Waals surface area contributed by atoms with Crippen LogP contribution in [-0.4, -0.2) is 24.2 Å². The van der Waals surface area contributed by atoms with Crippen LogP contribution in [0.4, 0.5) is 0 Å². The van der Waals surface area contributed by atoms with Gasteiger partial charge in [0, 0.05) is 11.1 Å². The molecular weight excluding hydrogens is 242 g/mol. The summed E-state index contributed by atoms with van der Waals surface area (Å²) in [6.07, 6.45) is 1.97. The average molecular weight is 257 g/mol. The predicted molar refractivity (Wildman–Crippen MR) is 71.2 cm³/mol. The molecule has 0 amide bonds. The molecule has 5 heteroatoms. The number of imidazole rings is 1. The highest BCUT2D eigenvalue weighted by atomic mass is 16.5. The van der Waals surface area contributed by atoms with Crippen LogP contribution in [0.5, 0.6) is 11.5 Å². The Hall–Kier alpha value is -2.48. The zero-order valence-corrected chi connectivity index (χ0v) is 11.2. The first-order valence-electron chi connectivity index (χ1n) is 5.84. The summed E-state index contributed by atoms with van der Waals surface area (Å²) in [4.78, 5) is 7.28. The minimum Gasteiger partial charge on any atom is -0.496 e. The normalized spacial score (nSPS) is 10.0. The Balaban J connectivity index is 2.49. The number of H-pyrrole nitrogens is 1. The van der Waals surface area contributed by atoms with Gasteiger partial charge < -0.3 is 14.5 Å². The number of nitrogens with zero attached hydrogens (tertiary/aromatic N) is 2. The summed E-state index contributed by atoms with van der Waals surface area (Å²) >= 11 is 0. The highest BCUT2D eigenvalue weighted by Gasteiger charge is 2.14. The van der Waals surface area contributed by atoms with E-state index in [1.165, 1.54) is 0 Å². The van der Waals surface area contributed by atoms with Crippen molar-refractivity contribution in [2.75, 3.05) is 14.2 Å². The van der Waals surface area contributed by atoms with Crippen molar-refractivity contribution >= 4 is 0 Å². The number of hydrogen-bond donors (Lipinski definition) is 1. The Kier molecular flexibility index (Phi) is 3.71. The molecule has 2 aromatic rings. The molecule has 1 aromatic heterocycles. The summed E-state index contributed by atoms with van der Waals surface area (Å²) in [5.74, 6) is 2.16. The van der Waals surface area contributed by atoms with Crippen molar-refractivity contribution in [3.8, 4) is 28.8 Å². The minimum atomic E-state index is 0.261. The first kappa shape index (κ1) is 13.0. The smallest absolute Gasteiger partial charge is 0.134 e. The fourth-order valence-corrected chi connectivity index (χ4v) is 2.03. The molecule has 1 N–H and O–H groups in total. The lowest BCUT2D eigenvalue weighted by atomic mass is 10.1. The maximum absolute atomic E-state index is 8.66. The van der Waals surface area contributed by atoms with E-state index in [4.69, 9.17) is 14.7 Å². The molecule has 0 unspecified atom stereocenters. The van der Waals surface area contributed by atoms with Gasteiger partial charge in [-0.1, -0.05) is 0 Å². The van der Waals surface area contributed by atoms with Gasteiger partial charge in [0.25, 0.3) is 0 Å². The highest BCUT2D eigenvalue weighted by Crippen LogP contribution is 2.36. The van der Waals surface area contributed by atoms with E-state index in [1.54, 1.807) is 20.4 Å². The number of methoxy groups -OCH3 is 2. The van der Waals surface area contributed by atoms with Gasteiger partial charge in [-0.2, -0.15) is 5.26 Å². The molecule has 19 heavy (non-hydrogen) atoms. The second kappa shape index (κ2) is 5.44. The third-order valence-corrected chi connectivity index (χ3v) is 2.95. The van der Waals surface area contributed by atoms with Crippen LogP contribution < -0.4 is 9.47 Å². The summed E-state index contributed by atoms with van der Waals surface area (Å²) in [6, 6.07) is 5.86. The fourth-order valence-electron chi connectivity index (χ4n) is 2.03. The fraction of sp³-hybridized carbons (Fsp3) is 0.286. The van der Waals surface area contributed by atoms with Crippen molar-refractivity contribution in [1.82, 2.24) is 9.97 Å². The van der Waals surface area contributed by atoms with Crippen LogP contribution in [0, 0.1) is 18.3 Å². The Morgan fingerprint density at radius 2 is 2.11 bits per heavy atom. The summed E-state index contributed by atoms with van der Waals surface area (Å²) in [5, 5.41) is 8.66. The molecule has 0 atom stereocenters. The van der Waals surface area contributed by atoms with Crippen LogP contribution in [-0.2, 0) is 6.42 Å². The van der Waals surface area contributed by atoms with Gasteiger partial charge in [-0.3, -0.25) is 0 Å². The van der Waals surface area contributed by atoms with Gasteiger partial charge >= 0.3 is 0 Å². The number of nitrogens with one attached hydrogen (secondary N) is 1. The van der Waals surface area contributed by atoms with Gasteiger partial charge in [-0.25, -0.2) is 4.98 Å². The first-order valence-corrected chi connectivity index (χ1v) is 5.84. The molecule has 98 valence electrons. The Labute approximate surface area is 111 Å². The van der Waals surface area contributed by atoms with Crippen LogP contribution in [0.15, 0.2) is 18.3 Å². The molecule has 0 saturated heterocycles. The third kappa shape index (κ3) is 2.38. The topological polar surface area (TPSA) is 70.9 Å². The SMILES string of the molecule is COc1ccc(-c2cnc(CC#N)[nH]2)c(OC)c1C. The molecule has 2 rings (SSSR count). The molecule has 0 saturated carbocycles. The molecular formula is C14H15N3O2. The second-order valence-electron chi connectivity index (χ2n) is 4.05. The lowest BCUT2D eigenvalue weighted by molar-refractivity contribution is 0.390. The van der Waals surface area contributed by atoms with Crippen molar-refractivity contribution in [2.24, 2.45) is 0 Å². The van der Waals surface area contributed by atoms with Gasteiger partial charge in [0.1, 0.15) is 17.3 Å². The maximum atomic E-state index is 8.66. The van der Waals surface area contributed by atoms with Crippen molar-refractivity contribution in [3.05, 3.63) is 29.7 Å². The lowest BCUT2D eigenvalue weighted by Gasteiger charge is -2.13. The molecule has 0 radical (unpaired) electrons. The Morgan fingerprint density at radius 1 is 1.32 bits per heavy atom. The first-order chi connectivity index (χ1) is 9.21. The molecule has 0 aliphatic heterocycles. The van der Waals surface area contributed by atoms with Crippen molar-refractivity contribution in [3.63, 3.8) is 0 Å². The van der Waals surface area contributed by atoms with Crippen LogP contribution >= 0.6 is 0 Å².